The molecule has 0 saturated carbocycles. The van der Waals surface area contributed by atoms with Crippen LogP contribution in [0.2, 0.25) is 0 Å². The van der Waals surface area contributed by atoms with E-state index in [1.807, 2.05) is 39.0 Å². The zero-order valence-electron chi connectivity index (χ0n) is 16.0. The largest absolute Gasteiger partial charge is 0.325 e. The highest BCUT2D eigenvalue weighted by molar-refractivity contribution is 5.89. The summed E-state index contributed by atoms with van der Waals surface area (Å²) in [6.45, 7) is 11.3. The topological polar surface area (TPSA) is 63.1 Å². The second kappa shape index (κ2) is 7.15. The van der Waals surface area contributed by atoms with Crippen LogP contribution >= 0.6 is 0 Å². The molecule has 6 nitrogen and oxygen atoms in total. The number of anilines is 1. The van der Waals surface area contributed by atoms with E-state index in [0.29, 0.717) is 24.7 Å². The number of pyridine rings is 1. The Balaban J connectivity index is 2.07. The third-order valence-corrected chi connectivity index (χ3v) is 4.57. The lowest BCUT2D eigenvalue weighted by Crippen LogP contribution is -2.35. The van der Waals surface area contributed by atoms with E-state index in [9.17, 15) is 4.79 Å². The Kier molecular flexibility index (Phi) is 4.93. The second-order valence-electron chi connectivity index (χ2n) is 6.45. The zero-order chi connectivity index (χ0) is 18.8. The van der Waals surface area contributed by atoms with Gasteiger partial charge in [-0.2, -0.15) is 9.78 Å². The highest BCUT2D eigenvalue weighted by Crippen LogP contribution is 2.24. The summed E-state index contributed by atoms with van der Waals surface area (Å²) >= 11 is 0. The van der Waals surface area contributed by atoms with Gasteiger partial charge in [-0.3, -0.25) is 5.32 Å². The van der Waals surface area contributed by atoms with Crippen molar-refractivity contribution < 1.29 is 4.79 Å². The number of hydrogen-bond acceptors (Lipinski definition) is 3. The molecule has 0 saturated heterocycles. The molecule has 2 amide bonds. The van der Waals surface area contributed by atoms with Gasteiger partial charge in [0.05, 0.1) is 11.2 Å². The Labute approximate surface area is 153 Å². The summed E-state index contributed by atoms with van der Waals surface area (Å²) < 4.78 is 1.70. The second-order valence-corrected chi connectivity index (χ2v) is 6.45. The Bertz CT molecular complexity index is 956. The van der Waals surface area contributed by atoms with Crippen molar-refractivity contribution >= 4 is 22.8 Å². The van der Waals surface area contributed by atoms with Gasteiger partial charge in [-0.1, -0.05) is 18.2 Å². The van der Waals surface area contributed by atoms with E-state index in [2.05, 4.69) is 36.4 Å². The van der Waals surface area contributed by atoms with Gasteiger partial charge in [0.1, 0.15) is 5.82 Å². The number of aromatic nitrogens is 3. The van der Waals surface area contributed by atoms with Crippen LogP contribution in [-0.2, 0) is 0 Å². The van der Waals surface area contributed by atoms with Crippen LogP contribution in [0.1, 0.15) is 30.7 Å². The van der Waals surface area contributed by atoms with Crippen molar-refractivity contribution in [3.63, 3.8) is 0 Å². The standard InChI is InChI=1S/C20H25N5O/c1-6-24(7-2)20(26)22-18-12-15(5)23-25(18)17-11-14(4)16-10-8-9-13(3)19(16)21-17/h8-12H,6-7H2,1-5H3,(H,22,26). The minimum Gasteiger partial charge on any atom is -0.325 e. The van der Waals surface area contributed by atoms with Gasteiger partial charge in [0.15, 0.2) is 5.82 Å². The normalized spacial score (nSPS) is 11.0. The van der Waals surface area contributed by atoms with Gasteiger partial charge >= 0.3 is 6.03 Å². The Morgan fingerprint density at radius 2 is 1.85 bits per heavy atom. The van der Waals surface area contributed by atoms with Gasteiger partial charge in [0, 0.05) is 24.5 Å². The Morgan fingerprint density at radius 3 is 2.54 bits per heavy atom. The molecule has 26 heavy (non-hydrogen) atoms. The molecule has 6 heteroatoms. The minimum atomic E-state index is -0.134. The number of carbonyl (C=O) groups excluding carboxylic acids is 1. The van der Waals surface area contributed by atoms with Crippen molar-refractivity contribution in [1.82, 2.24) is 19.7 Å². The van der Waals surface area contributed by atoms with E-state index in [1.54, 1.807) is 9.58 Å². The average molecular weight is 351 g/mol. The van der Waals surface area contributed by atoms with Crippen molar-refractivity contribution in [1.29, 1.82) is 0 Å². The lowest BCUT2D eigenvalue weighted by atomic mass is 10.1. The van der Waals surface area contributed by atoms with Gasteiger partial charge in [0.25, 0.3) is 0 Å². The van der Waals surface area contributed by atoms with Crippen molar-refractivity contribution in [2.45, 2.75) is 34.6 Å². The number of amides is 2. The molecule has 1 aromatic carbocycles. The quantitative estimate of drug-likeness (QED) is 0.765. The van der Waals surface area contributed by atoms with Crippen molar-refractivity contribution in [2.24, 2.45) is 0 Å². The number of carbonyl (C=O) groups is 1. The number of fused-ring (bicyclic) bond motifs is 1. The van der Waals surface area contributed by atoms with Crippen molar-refractivity contribution in [3.05, 3.63) is 47.2 Å². The molecular weight excluding hydrogens is 326 g/mol. The highest BCUT2D eigenvalue weighted by Gasteiger charge is 2.16. The molecular formula is C20H25N5O. The number of rotatable bonds is 4. The van der Waals surface area contributed by atoms with E-state index >= 15 is 0 Å². The fourth-order valence-electron chi connectivity index (χ4n) is 3.11. The van der Waals surface area contributed by atoms with E-state index in [-0.39, 0.29) is 6.03 Å². The molecule has 0 radical (unpaired) electrons. The summed E-state index contributed by atoms with van der Waals surface area (Å²) in [5.41, 5.74) is 4.02. The lowest BCUT2D eigenvalue weighted by Gasteiger charge is -2.19. The number of urea groups is 1. The van der Waals surface area contributed by atoms with Gasteiger partial charge in [-0.15, -0.1) is 0 Å². The molecule has 0 bridgehead atoms. The molecule has 1 N–H and O–H groups in total. The number of para-hydroxylation sites is 1. The van der Waals surface area contributed by atoms with Crippen LogP contribution in [0.3, 0.4) is 0 Å². The predicted octanol–water partition coefficient (Wildman–Crippen LogP) is 4.22. The Hall–Kier alpha value is -2.89. The molecule has 0 atom stereocenters. The first-order valence-corrected chi connectivity index (χ1v) is 8.94. The van der Waals surface area contributed by atoms with Gasteiger partial charge in [-0.25, -0.2) is 9.78 Å². The minimum absolute atomic E-state index is 0.134. The summed E-state index contributed by atoms with van der Waals surface area (Å²) in [6, 6.07) is 9.90. The van der Waals surface area contributed by atoms with E-state index in [0.717, 1.165) is 27.7 Å². The number of benzene rings is 1. The number of hydrogen-bond donors (Lipinski definition) is 1. The van der Waals surface area contributed by atoms with Gasteiger partial charge in [-0.05, 0) is 51.8 Å². The average Bonchev–Trinajstić information content (AvgIpc) is 2.97. The molecule has 0 fully saturated rings. The van der Waals surface area contributed by atoms with Crippen LogP contribution in [0.5, 0.6) is 0 Å². The van der Waals surface area contributed by atoms with Crippen molar-refractivity contribution in [3.8, 4) is 5.82 Å². The first-order valence-electron chi connectivity index (χ1n) is 8.94. The molecule has 136 valence electrons. The van der Waals surface area contributed by atoms with Gasteiger partial charge < -0.3 is 4.90 Å². The predicted molar refractivity (Wildman–Crippen MR) is 105 cm³/mol. The zero-order valence-corrected chi connectivity index (χ0v) is 16.0. The van der Waals surface area contributed by atoms with Crippen LogP contribution in [-0.4, -0.2) is 38.8 Å². The first kappa shape index (κ1) is 17.9. The molecule has 0 spiro atoms. The molecule has 2 aromatic heterocycles. The van der Waals surface area contributed by atoms with Crippen LogP contribution in [0.15, 0.2) is 30.3 Å². The summed E-state index contributed by atoms with van der Waals surface area (Å²) in [5.74, 6) is 1.33. The third-order valence-electron chi connectivity index (χ3n) is 4.57. The Morgan fingerprint density at radius 1 is 1.12 bits per heavy atom. The van der Waals surface area contributed by atoms with Gasteiger partial charge in [0.2, 0.25) is 0 Å². The maximum Gasteiger partial charge on any atom is 0.322 e. The summed E-state index contributed by atoms with van der Waals surface area (Å²) in [4.78, 5) is 19.0. The molecule has 3 rings (SSSR count). The monoisotopic (exact) mass is 351 g/mol. The number of aryl methyl sites for hydroxylation is 3. The molecule has 0 aliphatic carbocycles. The lowest BCUT2D eigenvalue weighted by molar-refractivity contribution is 0.217. The van der Waals surface area contributed by atoms with E-state index in [1.165, 1.54) is 0 Å². The van der Waals surface area contributed by atoms with Crippen LogP contribution in [0, 0.1) is 20.8 Å². The first-order chi connectivity index (χ1) is 12.4. The maximum atomic E-state index is 12.5. The number of nitrogens with zero attached hydrogens (tertiary/aromatic N) is 4. The molecule has 2 heterocycles. The fraction of sp³-hybridized carbons (Fsp3) is 0.350. The van der Waals surface area contributed by atoms with Crippen molar-refractivity contribution in [2.75, 3.05) is 18.4 Å². The third kappa shape index (κ3) is 3.27. The maximum absolute atomic E-state index is 12.5. The molecule has 0 unspecified atom stereocenters. The number of nitrogens with one attached hydrogen (secondary N) is 1. The summed E-state index contributed by atoms with van der Waals surface area (Å²) in [6.07, 6.45) is 0. The highest BCUT2D eigenvalue weighted by atomic mass is 16.2. The molecule has 0 aliphatic rings. The van der Waals surface area contributed by atoms with Crippen LogP contribution < -0.4 is 5.32 Å². The fourth-order valence-corrected chi connectivity index (χ4v) is 3.11. The SMILES string of the molecule is CCN(CC)C(=O)Nc1cc(C)nn1-c1cc(C)c2cccc(C)c2n1. The van der Waals surface area contributed by atoms with Crippen LogP contribution in [0.25, 0.3) is 16.7 Å². The van der Waals surface area contributed by atoms with E-state index in [4.69, 9.17) is 4.98 Å². The smallest absolute Gasteiger partial charge is 0.322 e. The molecule has 3 aromatic rings. The summed E-state index contributed by atoms with van der Waals surface area (Å²) in [5, 5.41) is 8.64. The molecule has 0 aliphatic heterocycles. The van der Waals surface area contributed by atoms with Crippen LogP contribution in [0.4, 0.5) is 10.6 Å². The summed E-state index contributed by atoms with van der Waals surface area (Å²) in [7, 11) is 0. The van der Waals surface area contributed by atoms with E-state index < -0.39 is 0 Å².